The van der Waals surface area contributed by atoms with Crippen molar-refractivity contribution in [1.82, 2.24) is 0 Å². The molecule has 0 saturated carbocycles. The summed E-state index contributed by atoms with van der Waals surface area (Å²) < 4.78 is 32.0. The van der Waals surface area contributed by atoms with Crippen molar-refractivity contribution in [3.8, 4) is 0 Å². The molecule has 0 amide bonds. The molecule has 0 fully saturated rings. The zero-order valence-corrected chi connectivity index (χ0v) is 9.37. The predicted octanol–water partition coefficient (Wildman–Crippen LogP) is 0.650. The molecule has 1 aliphatic rings. The molecule has 0 unspecified atom stereocenters. The van der Waals surface area contributed by atoms with Gasteiger partial charge in [0.25, 0.3) is 0 Å². The van der Waals surface area contributed by atoms with Crippen LogP contribution in [0.3, 0.4) is 0 Å². The van der Waals surface area contributed by atoms with E-state index in [4.69, 9.17) is 5.14 Å². The van der Waals surface area contributed by atoms with E-state index in [-0.39, 0.29) is 14.6 Å². The molecule has 0 radical (unpaired) electrons. The first-order chi connectivity index (χ1) is 6.56. The van der Waals surface area contributed by atoms with Gasteiger partial charge in [-0.3, -0.25) is 0 Å². The minimum absolute atomic E-state index is 0.182. The van der Waals surface area contributed by atoms with Crippen molar-refractivity contribution < 1.29 is 8.42 Å². The fourth-order valence-electron chi connectivity index (χ4n) is 1.04. The van der Waals surface area contributed by atoms with Crippen molar-refractivity contribution >= 4 is 41.8 Å². The number of nitrogens with two attached hydrogens (primary N) is 1. The average Bonchev–Trinajstić information content (AvgIpc) is 2.49. The van der Waals surface area contributed by atoms with Crippen LogP contribution in [0.5, 0.6) is 0 Å². The Morgan fingerprint density at radius 1 is 1.36 bits per heavy atom. The Morgan fingerprint density at radius 3 is 2.86 bits per heavy atom. The predicted molar refractivity (Wildman–Crippen MR) is 53.1 cm³/mol. The molecule has 6 nitrogen and oxygen atoms in total. The first-order valence-electron chi connectivity index (χ1n) is 3.58. The zero-order chi connectivity index (χ0) is 10.2. The molecule has 3 N–H and O–H groups in total. The summed E-state index contributed by atoms with van der Waals surface area (Å²) in [6, 6.07) is 5.08. The molecule has 14 heavy (non-hydrogen) atoms. The fraction of sp³-hybridized carbons (Fsp3) is 0. The van der Waals surface area contributed by atoms with E-state index < -0.39 is 10.2 Å². The summed E-state index contributed by atoms with van der Waals surface area (Å²) in [5.74, 6) is 0. The molecule has 1 heterocycles. The van der Waals surface area contributed by atoms with Gasteiger partial charge in [-0.05, 0) is 0 Å². The Labute approximate surface area is 86.4 Å². The summed E-state index contributed by atoms with van der Waals surface area (Å²) >= 11 is -0.182. The Hall–Kier alpha value is -0.951. The molecule has 0 aromatic heterocycles. The summed E-state index contributed by atoms with van der Waals surface area (Å²) in [6.07, 6.45) is 0. The summed E-state index contributed by atoms with van der Waals surface area (Å²) in [7, 11) is -3.74. The van der Waals surface area contributed by atoms with E-state index in [2.05, 4.69) is 12.6 Å². The van der Waals surface area contributed by atoms with E-state index >= 15 is 0 Å². The molecule has 1 aliphatic heterocycles. The number of nitrogens with zero attached hydrogens (tertiary/aromatic N) is 2. The molecule has 1 aromatic carbocycles. The van der Waals surface area contributed by atoms with E-state index in [1.165, 1.54) is 0 Å². The van der Waals surface area contributed by atoms with Crippen LogP contribution in [-0.4, -0.2) is 23.0 Å². The van der Waals surface area contributed by atoms with Crippen LogP contribution in [-0.2, 0) is 10.2 Å². The number of hydrogen-bond acceptors (Lipinski definition) is 4. The van der Waals surface area contributed by atoms with E-state index in [0.717, 1.165) is 0 Å². The van der Waals surface area contributed by atoms with Crippen LogP contribution in [0.15, 0.2) is 26.1 Å². The molecule has 0 saturated heterocycles. The van der Waals surface area contributed by atoms with Gasteiger partial charge < -0.3 is 0 Å². The second-order valence-electron chi connectivity index (χ2n) is 2.58. The van der Waals surface area contributed by atoms with Gasteiger partial charge >= 0.3 is 86.2 Å². The average molecular weight is 277 g/mol. The van der Waals surface area contributed by atoms with Gasteiger partial charge in [0.05, 0.1) is 0 Å². The quantitative estimate of drug-likeness (QED) is 0.788. The van der Waals surface area contributed by atoms with Crippen molar-refractivity contribution in [2.75, 3.05) is 4.72 Å². The number of rotatable bonds is 2. The first kappa shape index (κ1) is 9.60. The third-order valence-corrected chi connectivity index (χ3v) is 3.18. The summed E-state index contributed by atoms with van der Waals surface area (Å²) in [5, 5.41) is 4.86. The van der Waals surface area contributed by atoms with Crippen molar-refractivity contribution in [1.29, 1.82) is 0 Å². The Bertz CT molecular complexity index is 547. The third kappa shape index (κ3) is 1.93. The van der Waals surface area contributed by atoms with Crippen LogP contribution >= 0.6 is 0 Å². The SMILES string of the molecule is NS(=O)(=O)Nc1cccc2c1N=[Se]=N2. The summed E-state index contributed by atoms with van der Waals surface area (Å²) in [6.45, 7) is 0. The van der Waals surface area contributed by atoms with Gasteiger partial charge in [0.15, 0.2) is 0 Å². The monoisotopic (exact) mass is 278 g/mol. The number of hydrogen-bond donors (Lipinski definition) is 2. The van der Waals surface area contributed by atoms with E-state index in [9.17, 15) is 8.42 Å². The van der Waals surface area contributed by atoms with Gasteiger partial charge in [-0.2, -0.15) is 0 Å². The molecule has 74 valence electrons. The van der Waals surface area contributed by atoms with E-state index in [1.807, 2.05) is 0 Å². The van der Waals surface area contributed by atoms with E-state index in [1.54, 1.807) is 18.2 Å². The van der Waals surface area contributed by atoms with Gasteiger partial charge in [-0.1, -0.05) is 0 Å². The second-order valence-corrected chi connectivity index (χ2v) is 4.99. The normalized spacial score (nSPS) is 13.5. The van der Waals surface area contributed by atoms with Crippen molar-refractivity contribution in [2.24, 2.45) is 13.1 Å². The molecule has 0 aliphatic carbocycles. The summed E-state index contributed by atoms with van der Waals surface area (Å²) in [4.78, 5) is 0. The molecule has 0 atom stereocenters. The standard InChI is InChI=1S/C6H6N4O2SSe/c7-13(11,12)8-4-2-1-3-5-6(4)10-14-9-5/h1-3,8H,(H2,7,11,12). The van der Waals surface area contributed by atoms with Crippen molar-refractivity contribution in [2.45, 2.75) is 0 Å². The first-order valence-corrected chi connectivity index (χ1v) is 6.66. The van der Waals surface area contributed by atoms with Crippen molar-refractivity contribution in [3.63, 3.8) is 0 Å². The molecule has 1 aromatic rings. The van der Waals surface area contributed by atoms with E-state index in [0.29, 0.717) is 17.1 Å². The molecular formula is C6H6N4O2SSe. The van der Waals surface area contributed by atoms with Gasteiger partial charge in [0.1, 0.15) is 0 Å². The molecular weight excluding hydrogens is 271 g/mol. The van der Waals surface area contributed by atoms with Gasteiger partial charge in [0, 0.05) is 0 Å². The van der Waals surface area contributed by atoms with Crippen LogP contribution in [0.2, 0.25) is 0 Å². The van der Waals surface area contributed by atoms with Gasteiger partial charge in [-0.15, -0.1) is 0 Å². The van der Waals surface area contributed by atoms with Gasteiger partial charge in [-0.25, -0.2) is 0 Å². The number of benzene rings is 1. The van der Waals surface area contributed by atoms with Crippen LogP contribution in [0.1, 0.15) is 0 Å². The van der Waals surface area contributed by atoms with Crippen molar-refractivity contribution in [3.05, 3.63) is 18.2 Å². The number of nitrogens with one attached hydrogen (secondary N) is 1. The maximum absolute atomic E-state index is 10.8. The molecule has 8 heteroatoms. The Morgan fingerprint density at radius 2 is 2.14 bits per heavy atom. The van der Waals surface area contributed by atoms with Crippen LogP contribution < -0.4 is 9.86 Å². The number of anilines is 1. The Balaban J connectivity index is 2.47. The summed E-state index contributed by atoms with van der Waals surface area (Å²) in [5.41, 5.74) is 1.66. The van der Waals surface area contributed by atoms with Crippen LogP contribution in [0, 0.1) is 0 Å². The van der Waals surface area contributed by atoms with Crippen LogP contribution in [0.25, 0.3) is 0 Å². The minimum atomic E-state index is -3.74. The molecule has 0 bridgehead atoms. The molecule has 2 rings (SSSR count). The second kappa shape index (κ2) is 3.32. The number of fused-ring (bicyclic) bond motifs is 1. The Kier molecular flexibility index (Phi) is 2.28. The topological polar surface area (TPSA) is 96.9 Å². The van der Waals surface area contributed by atoms with Crippen LogP contribution in [0.4, 0.5) is 17.1 Å². The van der Waals surface area contributed by atoms with Gasteiger partial charge in [0.2, 0.25) is 0 Å². The zero-order valence-electron chi connectivity index (χ0n) is 6.84. The third-order valence-electron chi connectivity index (χ3n) is 1.54. The fourth-order valence-corrected chi connectivity index (χ4v) is 2.67. The molecule has 0 spiro atoms. The maximum atomic E-state index is 10.8.